The highest BCUT2D eigenvalue weighted by Crippen LogP contribution is 2.48. The van der Waals surface area contributed by atoms with Crippen LogP contribution in [0.4, 0.5) is 11.4 Å². The first-order valence-corrected chi connectivity index (χ1v) is 24.1. The molecule has 0 bridgehead atoms. The van der Waals surface area contributed by atoms with Gasteiger partial charge in [-0.1, -0.05) is 35.3 Å². The first kappa shape index (κ1) is 48.6. The number of imidazole rings is 2. The molecule has 3 aliphatic heterocycles. The second-order valence-electron chi connectivity index (χ2n) is 18.6. The number of rotatable bonds is 11. The monoisotopic (exact) mass is 971 g/mol. The number of halogens is 2. The zero-order valence-electron chi connectivity index (χ0n) is 38.5. The zero-order valence-corrected chi connectivity index (χ0v) is 40.0. The molecule has 0 atom stereocenters. The van der Waals surface area contributed by atoms with Crippen molar-refractivity contribution in [2.24, 2.45) is 16.6 Å². The Kier molecular flexibility index (Phi) is 14.9. The van der Waals surface area contributed by atoms with E-state index in [-0.39, 0.29) is 69.8 Å². The molecule has 2 aliphatic carbocycles. The van der Waals surface area contributed by atoms with E-state index in [4.69, 9.17) is 33.7 Å². The average molecular weight is 973 g/mol. The maximum absolute atomic E-state index is 13.4. The summed E-state index contributed by atoms with van der Waals surface area (Å²) >= 11 is 12.3. The lowest BCUT2D eigenvalue weighted by Crippen LogP contribution is -2.48. The summed E-state index contributed by atoms with van der Waals surface area (Å²) in [7, 11) is 3.60. The molecule has 5 aliphatic rings. The van der Waals surface area contributed by atoms with Crippen LogP contribution in [0.15, 0.2) is 61.2 Å². The fourth-order valence-electron chi connectivity index (χ4n) is 10.6. The molecule has 2 aromatic heterocycles. The maximum atomic E-state index is 13.4. The summed E-state index contributed by atoms with van der Waals surface area (Å²) in [6.07, 6.45) is 9.91. The lowest BCUT2D eigenvalue weighted by molar-refractivity contribution is -0.128. The molecule has 362 valence electrons. The summed E-state index contributed by atoms with van der Waals surface area (Å²) in [5.41, 5.74) is 6.64. The molecule has 5 fully saturated rings. The Balaban J connectivity index is 0.000000184. The molecule has 5 heterocycles. The fourth-order valence-corrected chi connectivity index (χ4v) is 11.0. The number of carbonyl (C=O) groups is 6. The molecule has 0 radical (unpaired) electrons. The molecule has 2 aromatic carbocycles. The molecule has 2 spiro atoms. The Morgan fingerprint density at radius 3 is 1.82 bits per heavy atom. The SMILES string of the molecule is CN1CCN(C(=O)c2nc[nH]c2C(=O)N[C@H]2CC[C@@]3(CCN(c4cccc(Cl)c4)C3=O)CC2)CC1.COCCN(C(=O)c1nc[nH]c1C(N)=O)[C@H]1CC[C@@]2(CCN(c3cccc(Cl)c3)C2=O)CC1. The summed E-state index contributed by atoms with van der Waals surface area (Å²) in [5.74, 6) is -1.35. The molecule has 68 heavy (non-hydrogen) atoms. The number of hydrogen-bond donors (Lipinski definition) is 4. The van der Waals surface area contributed by atoms with E-state index in [2.05, 4.69) is 30.2 Å². The summed E-state index contributed by atoms with van der Waals surface area (Å²) in [6.45, 7) is 4.89. The van der Waals surface area contributed by atoms with Crippen molar-refractivity contribution in [1.29, 1.82) is 0 Å². The van der Waals surface area contributed by atoms with Crippen LogP contribution in [0.3, 0.4) is 0 Å². The van der Waals surface area contributed by atoms with Gasteiger partial charge < -0.3 is 50.3 Å². The van der Waals surface area contributed by atoms with Crippen LogP contribution in [0.1, 0.15) is 106 Å². The number of ether oxygens (including phenoxy) is 1. The predicted molar refractivity (Wildman–Crippen MR) is 256 cm³/mol. The highest BCUT2D eigenvalue weighted by Gasteiger charge is 2.51. The summed E-state index contributed by atoms with van der Waals surface area (Å²) in [5, 5.41) is 4.29. The molecule has 4 aromatic rings. The average Bonchev–Trinajstić information content (AvgIpc) is 4.15. The normalized spacial score (nSPS) is 24.0. The number of benzene rings is 2. The van der Waals surface area contributed by atoms with Crippen LogP contribution in [0.5, 0.6) is 0 Å². The van der Waals surface area contributed by atoms with Crippen LogP contribution >= 0.6 is 23.2 Å². The highest BCUT2D eigenvalue weighted by atomic mass is 35.5. The van der Waals surface area contributed by atoms with Crippen LogP contribution < -0.4 is 20.9 Å². The van der Waals surface area contributed by atoms with Crippen molar-refractivity contribution in [3.8, 4) is 0 Å². The van der Waals surface area contributed by atoms with Gasteiger partial charge >= 0.3 is 0 Å². The van der Waals surface area contributed by atoms with Crippen LogP contribution in [0.2, 0.25) is 10.0 Å². The Labute approximate surface area is 405 Å². The van der Waals surface area contributed by atoms with Crippen molar-refractivity contribution in [3.05, 3.63) is 94.0 Å². The van der Waals surface area contributed by atoms with Crippen molar-refractivity contribution >= 4 is 70.0 Å². The zero-order chi connectivity index (χ0) is 48.2. The topological polar surface area (TPSA) is 223 Å². The number of carbonyl (C=O) groups excluding carboxylic acids is 6. The van der Waals surface area contributed by atoms with Crippen molar-refractivity contribution in [1.82, 2.24) is 40.0 Å². The van der Waals surface area contributed by atoms with Gasteiger partial charge in [0.05, 0.1) is 30.1 Å². The molecule has 20 heteroatoms. The van der Waals surface area contributed by atoms with Crippen molar-refractivity contribution in [3.63, 3.8) is 0 Å². The Hall–Kier alpha value is -5.82. The smallest absolute Gasteiger partial charge is 0.275 e. The number of likely N-dealkylation sites (N-methyl/N-ethyl adjacent to an activating group) is 1. The standard InChI is InChI=1S/C25H31ClN6O3.C23H28ClN5O4/c1-30-11-13-31(14-12-30)23(34)21-20(27-16-28-21)22(33)29-18-5-7-25(8-6-18)9-10-32(24(25)35)19-4-2-3-17(26)15-19;1-33-12-11-28(21(31)19-18(20(25)30)26-14-27-19)16-5-7-23(8-6-16)9-10-29(22(23)32)17-4-2-3-15(24)13-17/h2-4,15-16,18H,5-14H2,1H3,(H,27,28)(H,29,33);2-4,13-14,16H,5-12H2,1H3,(H2,25,30)(H,26,27)/t18-,25-;16-,23-. The van der Waals surface area contributed by atoms with Gasteiger partial charge in [0.25, 0.3) is 23.6 Å². The number of anilines is 2. The second kappa shape index (κ2) is 20.8. The van der Waals surface area contributed by atoms with Gasteiger partial charge in [0.2, 0.25) is 11.8 Å². The number of primary amides is 1. The largest absolute Gasteiger partial charge is 0.383 e. The Bertz CT molecular complexity index is 2510. The first-order valence-electron chi connectivity index (χ1n) is 23.3. The van der Waals surface area contributed by atoms with Crippen LogP contribution in [0.25, 0.3) is 0 Å². The number of aromatic amines is 2. The first-order chi connectivity index (χ1) is 32.7. The third-order valence-corrected chi connectivity index (χ3v) is 15.1. The van der Waals surface area contributed by atoms with Crippen LogP contribution in [0, 0.1) is 10.8 Å². The predicted octanol–water partition coefficient (Wildman–Crippen LogP) is 5.16. The lowest BCUT2D eigenvalue weighted by atomic mass is 9.71. The van der Waals surface area contributed by atoms with E-state index in [1.165, 1.54) is 12.7 Å². The molecule has 2 saturated carbocycles. The Morgan fingerprint density at radius 2 is 1.29 bits per heavy atom. The van der Waals surface area contributed by atoms with Gasteiger partial charge in [-0.05, 0) is 108 Å². The van der Waals surface area contributed by atoms with Crippen LogP contribution in [-0.4, -0.2) is 149 Å². The van der Waals surface area contributed by atoms with Gasteiger partial charge in [-0.15, -0.1) is 0 Å². The third-order valence-electron chi connectivity index (χ3n) is 14.6. The van der Waals surface area contributed by atoms with E-state index < -0.39 is 11.3 Å². The minimum Gasteiger partial charge on any atom is -0.383 e. The van der Waals surface area contributed by atoms with E-state index in [1.54, 1.807) is 29.0 Å². The van der Waals surface area contributed by atoms with Crippen molar-refractivity contribution in [2.75, 3.05) is 76.4 Å². The molecule has 5 N–H and O–H groups in total. The van der Waals surface area contributed by atoms with E-state index in [0.717, 1.165) is 63.0 Å². The molecule has 18 nitrogen and oxygen atoms in total. The number of amides is 6. The van der Waals surface area contributed by atoms with Gasteiger partial charge in [0, 0.05) is 86.4 Å². The third kappa shape index (κ3) is 10.1. The summed E-state index contributed by atoms with van der Waals surface area (Å²) < 4.78 is 5.21. The van der Waals surface area contributed by atoms with Crippen molar-refractivity contribution < 1.29 is 33.5 Å². The summed E-state index contributed by atoms with van der Waals surface area (Å²) in [4.78, 5) is 101. The molecule has 9 rings (SSSR count). The van der Waals surface area contributed by atoms with Gasteiger partial charge in [-0.25, -0.2) is 9.97 Å². The van der Waals surface area contributed by atoms with E-state index in [9.17, 15) is 28.8 Å². The lowest BCUT2D eigenvalue weighted by Gasteiger charge is -2.40. The number of methoxy groups -OCH3 is 1. The van der Waals surface area contributed by atoms with Gasteiger partial charge in [-0.2, -0.15) is 0 Å². The number of nitrogens with two attached hydrogens (primary N) is 1. The molecule has 0 unspecified atom stereocenters. The molecule has 6 amide bonds. The fraction of sp³-hybridized carbons (Fsp3) is 0.500. The van der Waals surface area contributed by atoms with Gasteiger partial charge in [-0.3, -0.25) is 28.8 Å². The highest BCUT2D eigenvalue weighted by molar-refractivity contribution is 6.31. The van der Waals surface area contributed by atoms with E-state index in [0.29, 0.717) is 75.1 Å². The molecule has 3 saturated heterocycles. The van der Waals surface area contributed by atoms with E-state index in [1.807, 2.05) is 53.2 Å². The van der Waals surface area contributed by atoms with E-state index >= 15 is 0 Å². The number of hydrogen-bond acceptors (Lipinski definition) is 10. The minimum atomic E-state index is -0.734. The summed E-state index contributed by atoms with van der Waals surface area (Å²) in [6, 6.07) is 14.6. The second-order valence-corrected chi connectivity index (χ2v) is 19.5. The maximum Gasteiger partial charge on any atom is 0.275 e. The molecular formula is C48H59Cl2N11O7. The quantitative estimate of drug-likeness (QED) is 0.155. The number of piperazine rings is 1. The molecular weight excluding hydrogens is 914 g/mol. The number of nitrogens with zero attached hydrogens (tertiary/aromatic N) is 7. The van der Waals surface area contributed by atoms with Gasteiger partial charge in [0.15, 0.2) is 11.4 Å². The number of H-pyrrole nitrogens is 2. The van der Waals surface area contributed by atoms with Crippen molar-refractivity contribution in [2.45, 2.75) is 76.3 Å². The minimum absolute atomic E-state index is 0.00201. The van der Waals surface area contributed by atoms with Crippen LogP contribution in [-0.2, 0) is 14.3 Å². The number of nitrogens with one attached hydrogen (secondary N) is 3. The Morgan fingerprint density at radius 1 is 0.765 bits per heavy atom. The number of aromatic nitrogens is 4. The van der Waals surface area contributed by atoms with Gasteiger partial charge in [0.1, 0.15) is 11.4 Å².